The number of aromatic nitrogens is 2. The van der Waals surface area contributed by atoms with Crippen LogP contribution in [-0.2, 0) is 0 Å². The molecule has 0 radical (unpaired) electrons. The SMILES string of the molecule is COc1ccc(C)cc1NC(=O)c1cc(N2CCCCC2)ncn1. The third kappa shape index (κ3) is 3.64. The van der Waals surface area contributed by atoms with Crippen LogP contribution in [0.2, 0.25) is 0 Å². The van der Waals surface area contributed by atoms with E-state index < -0.39 is 0 Å². The number of anilines is 2. The van der Waals surface area contributed by atoms with Gasteiger partial charge < -0.3 is 15.0 Å². The van der Waals surface area contributed by atoms with E-state index >= 15 is 0 Å². The summed E-state index contributed by atoms with van der Waals surface area (Å²) in [7, 11) is 1.58. The van der Waals surface area contributed by atoms with Gasteiger partial charge in [0.1, 0.15) is 23.6 Å². The molecule has 0 saturated carbocycles. The fraction of sp³-hybridized carbons (Fsp3) is 0.389. The molecule has 2 aromatic rings. The first-order valence-corrected chi connectivity index (χ1v) is 8.20. The number of amides is 1. The van der Waals surface area contributed by atoms with Gasteiger partial charge in [-0.1, -0.05) is 6.07 Å². The maximum absolute atomic E-state index is 12.6. The summed E-state index contributed by atoms with van der Waals surface area (Å²) >= 11 is 0. The molecule has 6 nitrogen and oxygen atoms in total. The zero-order valence-electron chi connectivity index (χ0n) is 14.1. The van der Waals surface area contributed by atoms with Gasteiger partial charge in [0.2, 0.25) is 0 Å². The molecule has 1 aromatic carbocycles. The molecule has 1 amide bonds. The molecule has 0 atom stereocenters. The number of benzene rings is 1. The molecule has 0 aliphatic carbocycles. The Hall–Kier alpha value is -2.63. The van der Waals surface area contributed by atoms with Crippen molar-refractivity contribution in [1.82, 2.24) is 9.97 Å². The number of rotatable bonds is 4. The molecule has 1 aliphatic rings. The van der Waals surface area contributed by atoms with Crippen molar-refractivity contribution < 1.29 is 9.53 Å². The Morgan fingerprint density at radius 3 is 2.71 bits per heavy atom. The van der Waals surface area contributed by atoms with Crippen LogP contribution < -0.4 is 15.0 Å². The smallest absolute Gasteiger partial charge is 0.274 e. The zero-order chi connectivity index (χ0) is 16.9. The lowest BCUT2D eigenvalue weighted by atomic mass is 10.1. The van der Waals surface area contributed by atoms with Crippen LogP contribution in [0.1, 0.15) is 35.3 Å². The first-order valence-electron chi connectivity index (χ1n) is 8.20. The van der Waals surface area contributed by atoms with Gasteiger partial charge in [-0.3, -0.25) is 4.79 Å². The molecule has 1 fully saturated rings. The topological polar surface area (TPSA) is 67.3 Å². The Kier molecular flexibility index (Phi) is 4.93. The third-order valence-electron chi connectivity index (χ3n) is 4.17. The minimum absolute atomic E-state index is 0.264. The molecule has 1 saturated heterocycles. The van der Waals surface area contributed by atoms with Gasteiger partial charge in [-0.25, -0.2) is 9.97 Å². The normalized spacial score (nSPS) is 14.3. The number of hydrogen-bond donors (Lipinski definition) is 1. The van der Waals surface area contributed by atoms with Gasteiger partial charge in [-0.2, -0.15) is 0 Å². The Bertz CT molecular complexity index is 727. The summed E-state index contributed by atoms with van der Waals surface area (Å²) in [6.07, 6.45) is 5.02. The summed E-state index contributed by atoms with van der Waals surface area (Å²) in [5.74, 6) is 1.17. The Morgan fingerprint density at radius 1 is 1.17 bits per heavy atom. The van der Waals surface area contributed by atoms with Crippen LogP contribution >= 0.6 is 0 Å². The molecule has 126 valence electrons. The fourth-order valence-corrected chi connectivity index (χ4v) is 2.87. The molecule has 6 heteroatoms. The van der Waals surface area contributed by atoms with Gasteiger partial charge in [0.05, 0.1) is 12.8 Å². The van der Waals surface area contributed by atoms with Gasteiger partial charge in [0, 0.05) is 19.2 Å². The predicted molar refractivity (Wildman–Crippen MR) is 93.8 cm³/mol. The maximum atomic E-state index is 12.6. The monoisotopic (exact) mass is 326 g/mol. The number of nitrogens with one attached hydrogen (secondary N) is 1. The number of methoxy groups -OCH3 is 1. The van der Waals surface area contributed by atoms with Crippen LogP contribution in [0.5, 0.6) is 5.75 Å². The standard InChI is InChI=1S/C18H22N4O2/c1-13-6-7-16(24-2)14(10-13)21-18(23)15-11-17(20-12-19-15)22-8-4-3-5-9-22/h6-7,10-12H,3-5,8-9H2,1-2H3,(H,21,23). The van der Waals surface area contributed by atoms with Crippen LogP contribution in [0.4, 0.5) is 11.5 Å². The quantitative estimate of drug-likeness (QED) is 0.935. The first-order chi connectivity index (χ1) is 11.7. The number of nitrogens with zero attached hydrogens (tertiary/aromatic N) is 3. The van der Waals surface area contributed by atoms with Crippen LogP contribution in [0, 0.1) is 6.92 Å². The summed E-state index contributed by atoms with van der Waals surface area (Å²) in [5, 5.41) is 2.88. The van der Waals surface area contributed by atoms with E-state index in [2.05, 4.69) is 20.2 Å². The lowest BCUT2D eigenvalue weighted by Crippen LogP contribution is -2.30. The molecule has 1 aromatic heterocycles. The molecule has 0 bridgehead atoms. The number of hydrogen-bond acceptors (Lipinski definition) is 5. The van der Waals surface area contributed by atoms with Crippen molar-refractivity contribution >= 4 is 17.4 Å². The minimum Gasteiger partial charge on any atom is -0.495 e. The average Bonchev–Trinajstić information content (AvgIpc) is 2.63. The van der Waals surface area contributed by atoms with E-state index in [-0.39, 0.29) is 5.91 Å². The Balaban J connectivity index is 1.79. The first kappa shape index (κ1) is 16.2. The number of carbonyl (C=O) groups is 1. The molecule has 2 heterocycles. The number of ether oxygens (including phenoxy) is 1. The van der Waals surface area contributed by atoms with Crippen LogP contribution in [0.15, 0.2) is 30.6 Å². The highest BCUT2D eigenvalue weighted by molar-refractivity contribution is 6.04. The van der Waals surface area contributed by atoms with Crippen molar-refractivity contribution in [3.63, 3.8) is 0 Å². The van der Waals surface area contributed by atoms with Gasteiger partial charge >= 0.3 is 0 Å². The van der Waals surface area contributed by atoms with Gasteiger partial charge in [0.15, 0.2) is 0 Å². The third-order valence-corrected chi connectivity index (χ3v) is 4.17. The highest BCUT2D eigenvalue weighted by Crippen LogP contribution is 2.26. The van der Waals surface area contributed by atoms with Gasteiger partial charge in [-0.05, 0) is 43.9 Å². The van der Waals surface area contributed by atoms with Crippen LogP contribution in [0.3, 0.4) is 0 Å². The van der Waals surface area contributed by atoms with Gasteiger partial charge in [-0.15, -0.1) is 0 Å². The summed E-state index contributed by atoms with van der Waals surface area (Å²) in [5.41, 5.74) is 2.04. The van der Waals surface area contributed by atoms with Crippen molar-refractivity contribution in [3.05, 3.63) is 41.9 Å². The molecular formula is C18H22N4O2. The predicted octanol–water partition coefficient (Wildman–Crippen LogP) is 3.04. The average molecular weight is 326 g/mol. The Labute approximate surface area is 141 Å². The second kappa shape index (κ2) is 7.29. The van der Waals surface area contributed by atoms with E-state index in [0.717, 1.165) is 37.3 Å². The maximum Gasteiger partial charge on any atom is 0.274 e. The van der Waals surface area contributed by atoms with Crippen molar-refractivity contribution in [3.8, 4) is 5.75 Å². The lowest BCUT2D eigenvalue weighted by Gasteiger charge is -2.27. The molecule has 1 aliphatic heterocycles. The largest absolute Gasteiger partial charge is 0.495 e. The zero-order valence-corrected chi connectivity index (χ0v) is 14.1. The molecule has 0 spiro atoms. The van der Waals surface area contributed by atoms with Crippen molar-refractivity contribution in [2.45, 2.75) is 26.2 Å². The van der Waals surface area contributed by atoms with Gasteiger partial charge in [0.25, 0.3) is 5.91 Å². The van der Waals surface area contributed by atoms with E-state index in [1.807, 2.05) is 25.1 Å². The Morgan fingerprint density at radius 2 is 1.96 bits per heavy atom. The summed E-state index contributed by atoms with van der Waals surface area (Å²) < 4.78 is 5.30. The van der Waals surface area contributed by atoms with Crippen molar-refractivity contribution in [2.24, 2.45) is 0 Å². The summed E-state index contributed by atoms with van der Waals surface area (Å²) in [6.45, 7) is 3.92. The highest BCUT2D eigenvalue weighted by atomic mass is 16.5. The molecule has 0 unspecified atom stereocenters. The second-order valence-corrected chi connectivity index (χ2v) is 5.97. The van der Waals surface area contributed by atoms with E-state index in [9.17, 15) is 4.79 Å². The molecule has 1 N–H and O–H groups in total. The van der Waals surface area contributed by atoms with E-state index in [0.29, 0.717) is 17.1 Å². The number of piperidine rings is 1. The van der Waals surface area contributed by atoms with E-state index in [4.69, 9.17) is 4.74 Å². The minimum atomic E-state index is -0.264. The van der Waals surface area contributed by atoms with Crippen molar-refractivity contribution in [2.75, 3.05) is 30.4 Å². The lowest BCUT2D eigenvalue weighted by molar-refractivity contribution is 0.102. The van der Waals surface area contributed by atoms with Crippen LogP contribution in [0.25, 0.3) is 0 Å². The molecule has 24 heavy (non-hydrogen) atoms. The second-order valence-electron chi connectivity index (χ2n) is 5.97. The number of aryl methyl sites for hydroxylation is 1. The van der Waals surface area contributed by atoms with Crippen LogP contribution in [-0.4, -0.2) is 36.1 Å². The summed E-state index contributed by atoms with van der Waals surface area (Å²) in [4.78, 5) is 23.2. The van der Waals surface area contributed by atoms with E-state index in [1.165, 1.54) is 12.7 Å². The molecule has 3 rings (SSSR count). The number of carbonyl (C=O) groups excluding carboxylic acids is 1. The highest BCUT2D eigenvalue weighted by Gasteiger charge is 2.16. The fourth-order valence-electron chi connectivity index (χ4n) is 2.87. The van der Waals surface area contributed by atoms with E-state index in [1.54, 1.807) is 13.2 Å². The summed E-state index contributed by atoms with van der Waals surface area (Å²) in [6, 6.07) is 7.41. The van der Waals surface area contributed by atoms with Crippen molar-refractivity contribution in [1.29, 1.82) is 0 Å². The molecular weight excluding hydrogens is 304 g/mol.